The number of nitrogens with zero attached hydrogens (tertiary/aromatic N) is 1. The number of aromatic nitrogens is 1. The minimum atomic E-state index is 0.0325. The van der Waals surface area contributed by atoms with Crippen LogP contribution in [0, 0.1) is 5.92 Å². The van der Waals surface area contributed by atoms with Crippen molar-refractivity contribution in [3.05, 3.63) is 83.4 Å². The highest BCUT2D eigenvalue weighted by atomic mass is 35.5. The third kappa shape index (κ3) is 3.41. The van der Waals surface area contributed by atoms with E-state index in [2.05, 4.69) is 16.4 Å². The lowest BCUT2D eigenvalue weighted by molar-refractivity contribution is -0.117. The molecular formula is C23H17ClN2OS. The summed E-state index contributed by atoms with van der Waals surface area (Å²) in [5, 5.41) is 4.75. The van der Waals surface area contributed by atoms with Gasteiger partial charge in [-0.05, 0) is 66.4 Å². The van der Waals surface area contributed by atoms with Gasteiger partial charge in [0.2, 0.25) is 5.91 Å². The number of hydrogen-bond acceptors (Lipinski definition) is 3. The van der Waals surface area contributed by atoms with Crippen LogP contribution in [0.5, 0.6) is 0 Å². The summed E-state index contributed by atoms with van der Waals surface area (Å²) < 4.78 is 1.18. The highest BCUT2D eigenvalue weighted by Gasteiger charge is 2.43. The van der Waals surface area contributed by atoms with Gasteiger partial charge in [0.05, 0.1) is 10.2 Å². The van der Waals surface area contributed by atoms with Crippen LogP contribution < -0.4 is 5.32 Å². The molecule has 5 heteroatoms. The minimum absolute atomic E-state index is 0.0325. The van der Waals surface area contributed by atoms with Crippen molar-refractivity contribution in [2.75, 3.05) is 5.32 Å². The van der Waals surface area contributed by atoms with E-state index in [-0.39, 0.29) is 11.8 Å². The summed E-state index contributed by atoms with van der Waals surface area (Å²) in [4.78, 5) is 17.2. The predicted octanol–water partition coefficient (Wildman–Crippen LogP) is 6.36. The molecule has 1 N–H and O–H groups in total. The molecule has 28 heavy (non-hydrogen) atoms. The van der Waals surface area contributed by atoms with Gasteiger partial charge in [-0.3, -0.25) is 4.79 Å². The molecule has 1 aliphatic rings. The minimum Gasteiger partial charge on any atom is -0.326 e. The van der Waals surface area contributed by atoms with E-state index in [1.165, 1.54) is 10.3 Å². The SMILES string of the molecule is O=C(Nc1ccc(-c2nc3ccccc3s2)cc1)C1CC1c1ccc(Cl)cc1. The maximum Gasteiger partial charge on any atom is 0.228 e. The Morgan fingerprint density at radius 1 is 1.00 bits per heavy atom. The molecule has 0 bridgehead atoms. The van der Waals surface area contributed by atoms with Gasteiger partial charge in [0, 0.05) is 22.2 Å². The molecule has 138 valence electrons. The number of fused-ring (bicyclic) bond motifs is 1. The standard InChI is InChI=1S/C23H17ClN2OS/c24-16-9-5-14(6-10-16)18-13-19(18)22(27)25-17-11-7-15(8-12-17)23-26-20-3-1-2-4-21(20)28-23/h1-12,18-19H,13H2,(H,25,27). The Hall–Kier alpha value is -2.69. The van der Waals surface area contributed by atoms with E-state index < -0.39 is 0 Å². The molecule has 3 nitrogen and oxygen atoms in total. The maximum absolute atomic E-state index is 12.6. The van der Waals surface area contributed by atoms with E-state index in [1.54, 1.807) is 11.3 Å². The summed E-state index contributed by atoms with van der Waals surface area (Å²) >= 11 is 7.62. The number of hydrogen-bond donors (Lipinski definition) is 1. The van der Waals surface area contributed by atoms with Crippen molar-refractivity contribution in [1.82, 2.24) is 4.98 Å². The molecule has 2 unspecified atom stereocenters. The fraction of sp³-hybridized carbons (Fsp3) is 0.130. The number of anilines is 1. The van der Waals surface area contributed by atoms with Gasteiger partial charge in [-0.2, -0.15) is 0 Å². The molecule has 1 aliphatic carbocycles. The summed E-state index contributed by atoms with van der Waals surface area (Å²) in [5.74, 6) is 0.400. The summed E-state index contributed by atoms with van der Waals surface area (Å²) in [5.41, 5.74) is 4.07. The first-order valence-corrected chi connectivity index (χ1v) is 10.4. The van der Waals surface area contributed by atoms with Crippen LogP contribution in [0.1, 0.15) is 17.9 Å². The Kier molecular flexibility index (Phi) is 4.38. The number of nitrogens with one attached hydrogen (secondary N) is 1. The summed E-state index contributed by atoms with van der Waals surface area (Å²) in [7, 11) is 0. The van der Waals surface area contributed by atoms with Gasteiger partial charge in [-0.15, -0.1) is 11.3 Å². The summed E-state index contributed by atoms with van der Waals surface area (Å²) in [6.45, 7) is 0. The average Bonchev–Trinajstić information content (AvgIpc) is 3.40. The topological polar surface area (TPSA) is 42.0 Å². The molecule has 1 heterocycles. The molecule has 1 fully saturated rings. The van der Waals surface area contributed by atoms with Crippen molar-refractivity contribution in [2.45, 2.75) is 12.3 Å². The zero-order valence-corrected chi connectivity index (χ0v) is 16.5. The number of benzene rings is 3. The van der Waals surface area contributed by atoms with Gasteiger partial charge in [0.15, 0.2) is 0 Å². The second-order valence-electron chi connectivity index (χ2n) is 7.05. The highest BCUT2D eigenvalue weighted by Crippen LogP contribution is 2.48. The number of carbonyl (C=O) groups is 1. The predicted molar refractivity (Wildman–Crippen MR) is 116 cm³/mol. The number of para-hydroxylation sites is 1. The Balaban J connectivity index is 1.26. The highest BCUT2D eigenvalue weighted by molar-refractivity contribution is 7.21. The molecule has 1 aromatic heterocycles. The van der Waals surface area contributed by atoms with Crippen LogP contribution in [0.4, 0.5) is 5.69 Å². The van der Waals surface area contributed by atoms with Gasteiger partial charge in [0.1, 0.15) is 5.01 Å². The van der Waals surface area contributed by atoms with Crippen LogP contribution >= 0.6 is 22.9 Å². The lowest BCUT2D eigenvalue weighted by Gasteiger charge is -2.06. The molecule has 5 rings (SSSR count). The van der Waals surface area contributed by atoms with Crippen molar-refractivity contribution in [3.8, 4) is 10.6 Å². The Bertz CT molecular complexity index is 1120. The first kappa shape index (κ1) is 17.4. The number of carbonyl (C=O) groups excluding carboxylic acids is 1. The van der Waals surface area contributed by atoms with E-state index in [0.29, 0.717) is 5.92 Å². The number of amides is 1. The van der Waals surface area contributed by atoms with Crippen molar-refractivity contribution >= 4 is 44.7 Å². The average molecular weight is 405 g/mol. The fourth-order valence-electron chi connectivity index (χ4n) is 3.49. The zero-order valence-electron chi connectivity index (χ0n) is 14.9. The van der Waals surface area contributed by atoms with Gasteiger partial charge in [0.25, 0.3) is 0 Å². The normalized spacial score (nSPS) is 18.2. The van der Waals surface area contributed by atoms with Crippen molar-refractivity contribution < 1.29 is 4.79 Å². The van der Waals surface area contributed by atoms with E-state index in [1.807, 2.05) is 66.7 Å². The van der Waals surface area contributed by atoms with Crippen LogP contribution in [0.25, 0.3) is 20.8 Å². The Labute approximate surface area is 172 Å². The maximum atomic E-state index is 12.6. The molecular weight excluding hydrogens is 388 g/mol. The van der Waals surface area contributed by atoms with Crippen LogP contribution in [0.2, 0.25) is 5.02 Å². The molecule has 2 atom stereocenters. The van der Waals surface area contributed by atoms with Crippen LogP contribution in [-0.2, 0) is 4.79 Å². The fourth-order valence-corrected chi connectivity index (χ4v) is 4.59. The van der Waals surface area contributed by atoms with E-state index in [9.17, 15) is 4.79 Å². The largest absolute Gasteiger partial charge is 0.326 e. The first-order chi connectivity index (χ1) is 13.7. The monoisotopic (exact) mass is 404 g/mol. The van der Waals surface area contributed by atoms with Gasteiger partial charge < -0.3 is 5.32 Å². The summed E-state index contributed by atoms with van der Waals surface area (Å²) in [6.07, 6.45) is 0.886. The van der Waals surface area contributed by atoms with Crippen LogP contribution in [0.15, 0.2) is 72.8 Å². The third-order valence-corrected chi connectivity index (χ3v) is 6.46. The number of thiazole rings is 1. The first-order valence-electron chi connectivity index (χ1n) is 9.20. The van der Waals surface area contributed by atoms with Crippen LogP contribution in [-0.4, -0.2) is 10.9 Å². The van der Waals surface area contributed by atoms with Crippen LogP contribution in [0.3, 0.4) is 0 Å². The van der Waals surface area contributed by atoms with E-state index >= 15 is 0 Å². The molecule has 0 spiro atoms. The van der Waals surface area contributed by atoms with E-state index in [4.69, 9.17) is 11.6 Å². The second-order valence-corrected chi connectivity index (χ2v) is 8.52. The second kappa shape index (κ2) is 7.04. The van der Waals surface area contributed by atoms with Crippen molar-refractivity contribution in [1.29, 1.82) is 0 Å². The van der Waals surface area contributed by atoms with Gasteiger partial charge in [-0.1, -0.05) is 35.9 Å². The molecule has 4 aromatic rings. The molecule has 0 aliphatic heterocycles. The third-order valence-electron chi connectivity index (χ3n) is 5.12. The lowest BCUT2D eigenvalue weighted by atomic mass is 10.1. The molecule has 0 radical (unpaired) electrons. The van der Waals surface area contributed by atoms with E-state index in [0.717, 1.165) is 33.2 Å². The van der Waals surface area contributed by atoms with Gasteiger partial charge in [-0.25, -0.2) is 4.98 Å². The quantitative estimate of drug-likeness (QED) is 0.430. The smallest absolute Gasteiger partial charge is 0.228 e. The van der Waals surface area contributed by atoms with Crippen molar-refractivity contribution in [2.24, 2.45) is 5.92 Å². The summed E-state index contributed by atoms with van der Waals surface area (Å²) in [6, 6.07) is 23.8. The van der Waals surface area contributed by atoms with Gasteiger partial charge >= 0.3 is 0 Å². The Morgan fingerprint density at radius 3 is 2.50 bits per heavy atom. The number of rotatable bonds is 4. The zero-order chi connectivity index (χ0) is 19.1. The molecule has 3 aromatic carbocycles. The Morgan fingerprint density at radius 2 is 1.75 bits per heavy atom. The lowest BCUT2D eigenvalue weighted by Crippen LogP contribution is -2.14. The molecule has 1 amide bonds. The number of halogens is 1. The molecule has 1 saturated carbocycles. The van der Waals surface area contributed by atoms with Crippen molar-refractivity contribution in [3.63, 3.8) is 0 Å². The molecule has 0 saturated heterocycles.